The molecule has 2 aromatic carbocycles. The summed E-state index contributed by atoms with van der Waals surface area (Å²) in [6, 6.07) is 13.5. The monoisotopic (exact) mass is 409 g/mol. The fourth-order valence-corrected chi connectivity index (χ4v) is 3.94. The third-order valence-corrected chi connectivity index (χ3v) is 6.68. The van der Waals surface area contributed by atoms with Gasteiger partial charge in [-0.15, -0.1) is 0 Å². The average molecular weight is 410 g/mol. The molecule has 0 bridgehead atoms. The average Bonchev–Trinajstić information content (AvgIpc) is 2.55. The van der Waals surface area contributed by atoms with E-state index in [1.165, 1.54) is 24.3 Å². The van der Waals surface area contributed by atoms with Crippen LogP contribution in [0.1, 0.15) is 42.7 Å². The Morgan fingerprint density at radius 1 is 1.00 bits per heavy atom. The lowest BCUT2D eigenvalue weighted by Gasteiger charge is -2.16. The minimum atomic E-state index is -3.33. The van der Waals surface area contributed by atoms with Gasteiger partial charge in [0.05, 0.1) is 16.2 Å². The molecule has 0 aromatic heterocycles. The highest BCUT2D eigenvalue weighted by molar-refractivity contribution is 9.10. The molecule has 1 atom stereocenters. The van der Waals surface area contributed by atoms with E-state index in [9.17, 15) is 13.2 Å². The van der Waals surface area contributed by atoms with Crippen molar-refractivity contribution in [3.05, 3.63) is 64.1 Å². The second-order valence-corrected chi connectivity index (χ2v) is 9.19. The standard InChI is InChI=1S/C18H20BrNO3S/c1-12(2)24(22,23)15-10-8-14(9-11-15)18(21)20-13(3)16-6-4-5-7-17(16)19/h4-13H,1-3H3,(H,20,21). The van der Waals surface area contributed by atoms with Gasteiger partial charge >= 0.3 is 0 Å². The van der Waals surface area contributed by atoms with Crippen LogP contribution < -0.4 is 5.32 Å². The van der Waals surface area contributed by atoms with Gasteiger partial charge in [-0.05, 0) is 56.7 Å². The molecule has 24 heavy (non-hydrogen) atoms. The van der Waals surface area contributed by atoms with E-state index in [0.717, 1.165) is 10.0 Å². The fourth-order valence-electron chi connectivity index (χ4n) is 2.25. The number of carbonyl (C=O) groups is 1. The summed E-state index contributed by atoms with van der Waals surface area (Å²) in [6.07, 6.45) is 0. The Morgan fingerprint density at radius 3 is 2.12 bits per heavy atom. The van der Waals surface area contributed by atoms with E-state index in [2.05, 4.69) is 21.2 Å². The summed E-state index contributed by atoms with van der Waals surface area (Å²) < 4.78 is 25.1. The molecule has 128 valence electrons. The van der Waals surface area contributed by atoms with E-state index in [4.69, 9.17) is 0 Å². The highest BCUT2D eigenvalue weighted by atomic mass is 79.9. The normalized spacial score (nSPS) is 12.9. The van der Waals surface area contributed by atoms with Crippen LogP contribution in [0.2, 0.25) is 0 Å². The van der Waals surface area contributed by atoms with Crippen molar-refractivity contribution in [2.45, 2.75) is 37.0 Å². The van der Waals surface area contributed by atoms with Crippen LogP contribution >= 0.6 is 15.9 Å². The third-order valence-electron chi connectivity index (χ3n) is 3.78. The summed E-state index contributed by atoms with van der Waals surface area (Å²) in [5, 5.41) is 2.42. The van der Waals surface area contributed by atoms with E-state index >= 15 is 0 Å². The molecule has 1 unspecified atom stereocenters. The summed E-state index contributed by atoms with van der Waals surface area (Å²) in [5.41, 5.74) is 1.40. The number of sulfone groups is 1. The van der Waals surface area contributed by atoms with Crippen LogP contribution in [0.15, 0.2) is 57.9 Å². The Morgan fingerprint density at radius 2 is 1.58 bits per heavy atom. The van der Waals surface area contributed by atoms with Crippen LogP contribution in [0, 0.1) is 0 Å². The van der Waals surface area contributed by atoms with Crippen LogP contribution in [0.25, 0.3) is 0 Å². The number of hydrogen-bond acceptors (Lipinski definition) is 3. The predicted molar refractivity (Wildman–Crippen MR) is 98.8 cm³/mol. The molecule has 2 aromatic rings. The molecule has 0 radical (unpaired) electrons. The van der Waals surface area contributed by atoms with Crippen LogP contribution in [-0.4, -0.2) is 19.6 Å². The quantitative estimate of drug-likeness (QED) is 0.807. The first-order valence-electron chi connectivity index (χ1n) is 7.62. The number of halogens is 1. The molecule has 0 aliphatic rings. The Bertz CT molecular complexity index is 830. The van der Waals surface area contributed by atoms with E-state index in [1.807, 2.05) is 31.2 Å². The Hall–Kier alpha value is -1.66. The van der Waals surface area contributed by atoms with Crippen molar-refractivity contribution in [3.8, 4) is 0 Å². The molecule has 0 spiro atoms. The first-order chi connectivity index (χ1) is 11.2. The second kappa shape index (κ2) is 7.49. The van der Waals surface area contributed by atoms with Gasteiger partial charge in [-0.2, -0.15) is 0 Å². The van der Waals surface area contributed by atoms with Gasteiger partial charge in [0, 0.05) is 10.0 Å². The number of carbonyl (C=O) groups excluding carboxylic acids is 1. The zero-order valence-corrected chi connectivity index (χ0v) is 16.2. The number of rotatable bonds is 5. The lowest BCUT2D eigenvalue weighted by Crippen LogP contribution is -2.27. The minimum Gasteiger partial charge on any atom is -0.345 e. The minimum absolute atomic E-state index is 0.174. The van der Waals surface area contributed by atoms with Gasteiger partial charge in [-0.1, -0.05) is 34.1 Å². The van der Waals surface area contributed by atoms with Crippen molar-refractivity contribution < 1.29 is 13.2 Å². The summed E-state index contributed by atoms with van der Waals surface area (Å²) in [5.74, 6) is -0.244. The summed E-state index contributed by atoms with van der Waals surface area (Å²) in [6.45, 7) is 5.17. The summed E-state index contributed by atoms with van der Waals surface area (Å²) in [7, 11) is -3.33. The maximum Gasteiger partial charge on any atom is 0.251 e. The highest BCUT2D eigenvalue weighted by Crippen LogP contribution is 2.23. The number of hydrogen-bond donors (Lipinski definition) is 1. The first kappa shape index (κ1) is 18.7. The molecule has 6 heteroatoms. The summed E-state index contributed by atoms with van der Waals surface area (Å²) >= 11 is 3.47. The van der Waals surface area contributed by atoms with Crippen molar-refractivity contribution in [3.63, 3.8) is 0 Å². The SMILES string of the molecule is CC(NC(=O)c1ccc(S(=O)(=O)C(C)C)cc1)c1ccccc1Br. The van der Waals surface area contributed by atoms with Gasteiger partial charge in [0.25, 0.3) is 5.91 Å². The highest BCUT2D eigenvalue weighted by Gasteiger charge is 2.20. The van der Waals surface area contributed by atoms with Gasteiger partial charge in [0.15, 0.2) is 9.84 Å². The van der Waals surface area contributed by atoms with E-state index < -0.39 is 15.1 Å². The fraction of sp³-hybridized carbons (Fsp3) is 0.278. The maximum atomic E-state index is 12.4. The third kappa shape index (κ3) is 4.05. The molecule has 0 fully saturated rings. The Labute approximate surface area is 151 Å². The zero-order valence-electron chi connectivity index (χ0n) is 13.8. The van der Waals surface area contributed by atoms with Crippen molar-refractivity contribution in [2.75, 3.05) is 0 Å². The van der Waals surface area contributed by atoms with Gasteiger partial charge in [0.2, 0.25) is 0 Å². The molecule has 0 aliphatic carbocycles. The largest absolute Gasteiger partial charge is 0.345 e. The Kier molecular flexibility index (Phi) is 5.83. The zero-order chi connectivity index (χ0) is 17.9. The van der Waals surface area contributed by atoms with Crippen LogP contribution in [-0.2, 0) is 9.84 Å². The van der Waals surface area contributed by atoms with Crippen molar-refractivity contribution in [1.29, 1.82) is 0 Å². The first-order valence-corrected chi connectivity index (χ1v) is 9.96. The van der Waals surface area contributed by atoms with Crippen molar-refractivity contribution in [1.82, 2.24) is 5.32 Å². The Balaban J connectivity index is 2.15. The molecule has 0 saturated carbocycles. The van der Waals surface area contributed by atoms with Crippen LogP contribution in [0.4, 0.5) is 0 Å². The number of nitrogens with one attached hydrogen (secondary N) is 1. The molecule has 0 heterocycles. The molecular weight excluding hydrogens is 390 g/mol. The molecule has 1 N–H and O–H groups in total. The van der Waals surface area contributed by atoms with Crippen molar-refractivity contribution >= 4 is 31.7 Å². The molecule has 4 nitrogen and oxygen atoms in total. The van der Waals surface area contributed by atoms with Gasteiger partial charge < -0.3 is 5.32 Å². The molecule has 0 aliphatic heterocycles. The van der Waals surface area contributed by atoms with Crippen LogP contribution in [0.5, 0.6) is 0 Å². The van der Waals surface area contributed by atoms with Gasteiger partial charge in [-0.3, -0.25) is 4.79 Å². The number of amides is 1. The van der Waals surface area contributed by atoms with E-state index in [0.29, 0.717) is 5.56 Å². The van der Waals surface area contributed by atoms with Crippen molar-refractivity contribution in [2.24, 2.45) is 0 Å². The molecule has 0 saturated heterocycles. The smallest absolute Gasteiger partial charge is 0.251 e. The van der Waals surface area contributed by atoms with E-state index in [-0.39, 0.29) is 16.8 Å². The predicted octanol–water partition coefficient (Wildman–Crippen LogP) is 4.12. The van der Waals surface area contributed by atoms with Crippen LogP contribution in [0.3, 0.4) is 0 Å². The lowest BCUT2D eigenvalue weighted by atomic mass is 10.1. The topological polar surface area (TPSA) is 63.2 Å². The molecule has 2 rings (SSSR count). The maximum absolute atomic E-state index is 12.4. The molecule has 1 amide bonds. The van der Waals surface area contributed by atoms with Gasteiger partial charge in [-0.25, -0.2) is 8.42 Å². The summed E-state index contributed by atoms with van der Waals surface area (Å²) in [4.78, 5) is 12.6. The number of benzene rings is 2. The lowest BCUT2D eigenvalue weighted by molar-refractivity contribution is 0.0939. The molecular formula is C18H20BrNO3S. The second-order valence-electron chi connectivity index (χ2n) is 5.83. The van der Waals surface area contributed by atoms with E-state index in [1.54, 1.807) is 13.8 Å². The van der Waals surface area contributed by atoms with Gasteiger partial charge in [0.1, 0.15) is 0 Å².